The van der Waals surface area contributed by atoms with Gasteiger partial charge in [0.2, 0.25) is 5.91 Å². The van der Waals surface area contributed by atoms with Crippen molar-refractivity contribution in [2.75, 3.05) is 5.32 Å². The summed E-state index contributed by atoms with van der Waals surface area (Å²) in [5.41, 5.74) is -0.111. The summed E-state index contributed by atoms with van der Waals surface area (Å²) in [5.74, 6) is -2.11. The van der Waals surface area contributed by atoms with Crippen molar-refractivity contribution in [1.82, 2.24) is 0 Å². The summed E-state index contributed by atoms with van der Waals surface area (Å²) in [6.07, 6.45) is 0.288. The Balaban J connectivity index is 2.73. The Hall–Kier alpha value is -1.45. The number of carbonyl (C=O) groups excluding carboxylic acids is 1. The molecule has 82 valence electrons. The van der Waals surface area contributed by atoms with Crippen LogP contribution >= 0.6 is 0 Å². The van der Waals surface area contributed by atoms with Crippen molar-refractivity contribution >= 4 is 11.6 Å². The van der Waals surface area contributed by atoms with E-state index in [0.717, 1.165) is 6.07 Å². The van der Waals surface area contributed by atoms with Crippen molar-refractivity contribution in [3.8, 4) is 0 Å². The second-order valence-corrected chi connectivity index (χ2v) is 3.75. The minimum Gasteiger partial charge on any atom is -0.323 e. The molecule has 0 aliphatic heterocycles. The van der Waals surface area contributed by atoms with Crippen molar-refractivity contribution in [1.29, 1.82) is 0 Å². The van der Waals surface area contributed by atoms with Gasteiger partial charge in [-0.15, -0.1) is 0 Å². The smallest absolute Gasteiger partial charge is 0.224 e. The summed E-state index contributed by atoms with van der Waals surface area (Å²) in [5, 5.41) is 2.33. The normalized spacial score (nSPS) is 10.5. The highest BCUT2D eigenvalue weighted by Gasteiger charge is 2.11. The third-order valence-electron chi connectivity index (χ3n) is 1.82. The molecular weight excluding hydrogens is 200 g/mol. The Bertz CT molecular complexity index is 364. The van der Waals surface area contributed by atoms with E-state index in [4.69, 9.17) is 0 Å². The van der Waals surface area contributed by atoms with Gasteiger partial charge < -0.3 is 5.32 Å². The Labute approximate surface area is 87.3 Å². The number of halogens is 2. The van der Waals surface area contributed by atoms with Crippen molar-refractivity contribution in [2.45, 2.75) is 20.3 Å². The molecule has 0 unspecified atom stereocenters. The number of benzene rings is 1. The van der Waals surface area contributed by atoms with Crippen molar-refractivity contribution in [2.24, 2.45) is 5.92 Å². The average molecular weight is 213 g/mol. The first kappa shape index (κ1) is 11.6. The Morgan fingerprint density at radius 3 is 2.67 bits per heavy atom. The highest BCUT2D eigenvalue weighted by Crippen LogP contribution is 2.17. The summed E-state index contributed by atoms with van der Waals surface area (Å²) >= 11 is 0. The monoisotopic (exact) mass is 213 g/mol. The molecule has 4 heteroatoms. The lowest BCUT2D eigenvalue weighted by atomic mass is 10.1. The summed E-state index contributed by atoms with van der Waals surface area (Å²) in [4.78, 5) is 11.3. The molecule has 0 aliphatic rings. The molecule has 1 rings (SSSR count). The van der Waals surface area contributed by atoms with Crippen LogP contribution in [0.1, 0.15) is 20.3 Å². The predicted molar refractivity (Wildman–Crippen MR) is 54.4 cm³/mol. The number of hydrogen-bond donors (Lipinski definition) is 1. The molecule has 0 aliphatic carbocycles. The van der Waals surface area contributed by atoms with E-state index in [1.807, 2.05) is 13.8 Å². The number of hydrogen-bond acceptors (Lipinski definition) is 1. The van der Waals surface area contributed by atoms with Gasteiger partial charge in [0.25, 0.3) is 0 Å². The zero-order valence-electron chi connectivity index (χ0n) is 8.68. The molecular formula is C11H13F2NO. The quantitative estimate of drug-likeness (QED) is 0.821. The predicted octanol–water partition coefficient (Wildman–Crippen LogP) is 2.95. The second-order valence-electron chi connectivity index (χ2n) is 3.75. The number of carbonyl (C=O) groups is 1. The molecule has 15 heavy (non-hydrogen) atoms. The van der Waals surface area contributed by atoms with Crippen molar-refractivity contribution < 1.29 is 13.6 Å². The molecule has 0 bridgehead atoms. The fraction of sp³-hybridized carbons (Fsp3) is 0.364. The maximum Gasteiger partial charge on any atom is 0.224 e. The van der Waals surface area contributed by atoms with E-state index in [1.165, 1.54) is 12.1 Å². The van der Waals surface area contributed by atoms with Gasteiger partial charge in [-0.25, -0.2) is 8.78 Å². The van der Waals surface area contributed by atoms with Crippen LogP contribution in [0.5, 0.6) is 0 Å². The molecule has 0 heterocycles. The fourth-order valence-electron chi connectivity index (χ4n) is 1.17. The molecule has 0 radical (unpaired) electrons. The van der Waals surface area contributed by atoms with Crippen LogP contribution in [0.2, 0.25) is 0 Å². The topological polar surface area (TPSA) is 29.1 Å². The summed E-state index contributed by atoms with van der Waals surface area (Å²) in [6.45, 7) is 3.75. The van der Waals surface area contributed by atoms with Crippen LogP contribution in [0.25, 0.3) is 0 Å². The van der Waals surface area contributed by atoms with Crippen LogP contribution in [0.4, 0.5) is 14.5 Å². The summed E-state index contributed by atoms with van der Waals surface area (Å²) < 4.78 is 25.9. The molecule has 0 atom stereocenters. The summed E-state index contributed by atoms with van der Waals surface area (Å²) in [7, 11) is 0. The minimum absolute atomic E-state index is 0.111. The van der Waals surface area contributed by atoms with Gasteiger partial charge in [0.15, 0.2) is 11.6 Å². The first-order chi connectivity index (χ1) is 7.00. The van der Waals surface area contributed by atoms with Crippen LogP contribution in [0.3, 0.4) is 0 Å². The molecule has 0 saturated heterocycles. The molecule has 1 amide bonds. The maximum absolute atomic E-state index is 13.1. The molecule has 0 spiro atoms. The summed E-state index contributed by atoms with van der Waals surface area (Å²) in [6, 6.07) is 3.69. The van der Waals surface area contributed by atoms with Crippen LogP contribution in [-0.2, 0) is 4.79 Å². The molecule has 0 fully saturated rings. The van der Waals surface area contributed by atoms with E-state index in [2.05, 4.69) is 5.32 Å². The van der Waals surface area contributed by atoms with E-state index in [1.54, 1.807) is 0 Å². The van der Waals surface area contributed by atoms with Gasteiger partial charge >= 0.3 is 0 Å². The minimum atomic E-state index is -1.02. The van der Waals surface area contributed by atoms with Gasteiger partial charge in [-0.1, -0.05) is 19.9 Å². The molecule has 1 aromatic carbocycles. The SMILES string of the molecule is CC(C)CC(=O)Nc1cccc(F)c1F. The first-order valence-electron chi connectivity index (χ1n) is 4.74. The van der Waals surface area contributed by atoms with Gasteiger partial charge in [-0.3, -0.25) is 4.79 Å². The third kappa shape index (κ3) is 3.31. The molecule has 1 N–H and O–H groups in total. The first-order valence-corrected chi connectivity index (χ1v) is 4.74. The fourth-order valence-corrected chi connectivity index (χ4v) is 1.17. The van der Waals surface area contributed by atoms with Gasteiger partial charge in [-0.2, -0.15) is 0 Å². The van der Waals surface area contributed by atoms with Crippen LogP contribution < -0.4 is 5.32 Å². The Morgan fingerprint density at radius 2 is 2.07 bits per heavy atom. The number of amides is 1. The van der Waals surface area contributed by atoms with Crippen LogP contribution in [0, 0.1) is 17.6 Å². The Kier molecular flexibility index (Phi) is 3.77. The van der Waals surface area contributed by atoms with Crippen LogP contribution in [0.15, 0.2) is 18.2 Å². The molecule has 1 aromatic rings. The van der Waals surface area contributed by atoms with Gasteiger partial charge in [0, 0.05) is 6.42 Å². The zero-order chi connectivity index (χ0) is 11.4. The zero-order valence-corrected chi connectivity index (χ0v) is 8.68. The molecule has 0 saturated carbocycles. The van der Waals surface area contributed by atoms with Gasteiger partial charge in [0.05, 0.1) is 5.69 Å². The van der Waals surface area contributed by atoms with E-state index in [-0.39, 0.29) is 23.9 Å². The largest absolute Gasteiger partial charge is 0.323 e. The van der Waals surface area contributed by atoms with Gasteiger partial charge in [0.1, 0.15) is 0 Å². The highest BCUT2D eigenvalue weighted by molar-refractivity contribution is 5.90. The van der Waals surface area contributed by atoms with E-state index >= 15 is 0 Å². The number of nitrogens with one attached hydrogen (secondary N) is 1. The highest BCUT2D eigenvalue weighted by atomic mass is 19.2. The van der Waals surface area contributed by atoms with E-state index in [9.17, 15) is 13.6 Å². The van der Waals surface area contributed by atoms with Crippen molar-refractivity contribution in [3.63, 3.8) is 0 Å². The Morgan fingerprint density at radius 1 is 1.40 bits per heavy atom. The lowest BCUT2D eigenvalue weighted by molar-refractivity contribution is -0.116. The molecule has 0 aromatic heterocycles. The second kappa shape index (κ2) is 4.87. The average Bonchev–Trinajstić information content (AvgIpc) is 2.11. The maximum atomic E-state index is 13.1. The lowest BCUT2D eigenvalue weighted by Gasteiger charge is -2.08. The lowest BCUT2D eigenvalue weighted by Crippen LogP contribution is -2.15. The van der Waals surface area contributed by atoms with Gasteiger partial charge in [-0.05, 0) is 18.1 Å². The molecule has 2 nitrogen and oxygen atoms in total. The standard InChI is InChI=1S/C11H13F2NO/c1-7(2)6-10(15)14-9-5-3-4-8(12)11(9)13/h3-5,7H,6H2,1-2H3,(H,14,15). The van der Waals surface area contributed by atoms with Crippen LogP contribution in [-0.4, -0.2) is 5.91 Å². The third-order valence-corrected chi connectivity index (χ3v) is 1.82. The van der Waals surface area contributed by atoms with Crippen molar-refractivity contribution in [3.05, 3.63) is 29.8 Å². The van der Waals surface area contributed by atoms with E-state index < -0.39 is 11.6 Å². The number of rotatable bonds is 3. The number of anilines is 1. The van der Waals surface area contributed by atoms with E-state index in [0.29, 0.717) is 0 Å².